The van der Waals surface area contributed by atoms with Crippen LogP contribution in [0.25, 0.3) is 10.4 Å². The number of azide groups is 1. The van der Waals surface area contributed by atoms with Gasteiger partial charge in [0.05, 0.1) is 18.5 Å². The largest absolute Gasteiger partial charge is 0.481 e. The number of rotatable bonds is 27. The second-order valence-corrected chi connectivity index (χ2v) is 17.1. The van der Waals surface area contributed by atoms with Gasteiger partial charge in [-0.1, -0.05) is 39.5 Å². The summed E-state index contributed by atoms with van der Waals surface area (Å²) < 4.78 is 57.9. The lowest BCUT2D eigenvalue weighted by Crippen LogP contribution is -2.47. The van der Waals surface area contributed by atoms with E-state index in [9.17, 15) is 46.3 Å². The first-order chi connectivity index (χ1) is 27.3. The molecule has 4 atom stereocenters. The van der Waals surface area contributed by atoms with Gasteiger partial charge in [-0.2, -0.15) is 11.8 Å². The van der Waals surface area contributed by atoms with Crippen molar-refractivity contribution >= 4 is 74.7 Å². The number of carboxylic acids is 1. The van der Waals surface area contributed by atoms with Crippen LogP contribution in [-0.2, 0) is 19.2 Å². The molecule has 57 heavy (non-hydrogen) atoms. The first-order valence-electron chi connectivity index (χ1n) is 18.5. The molecular weight excluding hydrogens is 819 g/mol. The molecule has 6 amide bonds. The summed E-state index contributed by atoms with van der Waals surface area (Å²) >= 11 is 1.85. The molecular formula is C34H47F4N9O7S3. The Balaban J connectivity index is 1.34. The minimum atomic E-state index is -2.12. The summed E-state index contributed by atoms with van der Waals surface area (Å²) in [4.78, 5) is 74.6. The fourth-order valence-electron chi connectivity index (χ4n) is 6.00. The van der Waals surface area contributed by atoms with E-state index in [0.29, 0.717) is 55.4 Å². The lowest BCUT2D eigenvalue weighted by Gasteiger charge is -2.19. The molecule has 1 aromatic carbocycles. The first kappa shape index (κ1) is 47.3. The highest BCUT2D eigenvalue weighted by Crippen LogP contribution is 2.33. The summed E-state index contributed by atoms with van der Waals surface area (Å²) in [7, 11) is 2.55. The molecule has 2 fully saturated rings. The molecule has 316 valence electrons. The number of carbonyl (C=O) groups excluding carboxylic acids is 5. The maximum absolute atomic E-state index is 14.6. The zero-order valence-corrected chi connectivity index (χ0v) is 33.5. The Morgan fingerprint density at radius 1 is 0.825 bits per heavy atom. The van der Waals surface area contributed by atoms with E-state index >= 15 is 0 Å². The van der Waals surface area contributed by atoms with E-state index in [4.69, 9.17) is 10.6 Å². The predicted octanol–water partition coefficient (Wildman–Crippen LogP) is 4.94. The molecule has 0 spiro atoms. The molecule has 0 saturated carbocycles. The zero-order chi connectivity index (χ0) is 41.7. The second-order valence-electron chi connectivity index (χ2n) is 13.1. The second kappa shape index (κ2) is 25.3. The molecule has 2 saturated heterocycles. The Morgan fingerprint density at radius 2 is 1.46 bits per heavy atom. The molecule has 0 aromatic heterocycles. The third-order valence-corrected chi connectivity index (χ3v) is 12.8. The van der Waals surface area contributed by atoms with Crippen molar-refractivity contribution in [3.8, 4) is 0 Å². The first-order valence-corrected chi connectivity index (χ1v) is 22.1. The number of fused-ring (bicyclic) bond motifs is 1. The van der Waals surface area contributed by atoms with Gasteiger partial charge in [0.15, 0.2) is 23.3 Å². The lowest BCUT2D eigenvalue weighted by molar-refractivity contribution is -0.136. The molecule has 23 heteroatoms. The number of carbonyl (C=O) groups is 6. The molecule has 0 bridgehead atoms. The highest BCUT2D eigenvalue weighted by molar-refractivity contribution is 8.76. The van der Waals surface area contributed by atoms with Crippen LogP contribution in [0.2, 0.25) is 0 Å². The quantitative estimate of drug-likeness (QED) is 0.00918. The van der Waals surface area contributed by atoms with Gasteiger partial charge in [0, 0.05) is 59.9 Å². The topological polar surface area (TPSA) is 244 Å². The van der Waals surface area contributed by atoms with E-state index in [-0.39, 0.29) is 68.7 Å². The maximum Gasteiger partial charge on any atom is 0.315 e. The SMILES string of the molecule is [N-]=[N+]=Nc1c(F)c(F)c(C(=O)NC(CCCCNC(=O)CCCCCNC(=O)CCCCC2SCC3NC(=O)NC32)C(=O)NCCSSCCC(=O)O)c(F)c1F. The Morgan fingerprint density at radius 3 is 2.11 bits per heavy atom. The molecule has 0 radical (unpaired) electrons. The van der Waals surface area contributed by atoms with E-state index in [1.807, 2.05) is 11.8 Å². The number of halogens is 4. The molecule has 3 rings (SSSR count). The van der Waals surface area contributed by atoms with Gasteiger partial charge in [-0.25, -0.2) is 22.4 Å². The van der Waals surface area contributed by atoms with Gasteiger partial charge in [0.1, 0.15) is 17.3 Å². The third kappa shape index (κ3) is 16.0. The Kier molecular flexibility index (Phi) is 21.0. The highest BCUT2D eigenvalue weighted by atomic mass is 33.1. The number of carboxylic acid groups (broad SMARTS) is 1. The molecule has 1 aromatic rings. The smallest absolute Gasteiger partial charge is 0.315 e. The third-order valence-electron chi connectivity index (χ3n) is 8.93. The molecule has 0 aliphatic carbocycles. The minimum Gasteiger partial charge on any atom is -0.481 e. The summed E-state index contributed by atoms with van der Waals surface area (Å²) in [5.41, 5.74) is 5.20. The lowest BCUT2D eigenvalue weighted by atomic mass is 10.0. The predicted molar refractivity (Wildman–Crippen MR) is 209 cm³/mol. The number of urea groups is 1. The van der Waals surface area contributed by atoms with Crippen LogP contribution >= 0.6 is 33.3 Å². The summed E-state index contributed by atoms with van der Waals surface area (Å²) in [5.74, 6) is -10.4. The van der Waals surface area contributed by atoms with E-state index in [1.165, 1.54) is 21.6 Å². The van der Waals surface area contributed by atoms with Crippen molar-refractivity contribution in [3.63, 3.8) is 0 Å². The minimum absolute atomic E-state index is 0.0223. The van der Waals surface area contributed by atoms with Crippen LogP contribution < -0.4 is 31.9 Å². The Labute approximate surface area is 338 Å². The van der Waals surface area contributed by atoms with E-state index in [1.54, 1.807) is 0 Å². The van der Waals surface area contributed by atoms with Gasteiger partial charge in [-0.05, 0) is 50.5 Å². The molecule has 16 nitrogen and oxygen atoms in total. The molecule has 4 unspecified atom stereocenters. The van der Waals surface area contributed by atoms with Crippen LogP contribution in [0.5, 0.6) is 0 Å². The van der Waals surface area contributed by atoms with Gasteiger partial charge < -0.3 is 37.0 Å². The van der Waals surface area contributed by atoms with Crippen molar-refractivity contribution < 1.29 is 51.4 Å². The van der Waals surface area contributed by atoms with Crippen molar-refractivity contribution in [3.05, 3.63) is 39.3 Å². The van der Waals surface area contributed by atoms with Crippen LogP contribution in [0.15, 0.2) is 5.11 Å². The standard InChI is InChI=1S/C34H47F4N9O7S3/c35-26-25(27(36)29(38)31(28(26)37)46-47-39)33(53)43-19(32(52)42-15-17-57-56-16-12-24(50)51)8-5-7-14-41-22(48)10-2-1-6-13-40-23(49)11-4-3-9-21-30-20(18-55-21)44-34(54)45-30/h19-21,30H,1-18H2,(H,40,49)(H,41,48)(H,42,52)(H,43,53)(H,50,51)(H2,44,45,54). The monoisotopic (exact) mass is 865 g/mol. The zero-order valence-electron chi connectivity index (χ0n) is 31.0. The normalized spacial score (nSPS) is 17.4. The summed E-state index contributed by atoms with van der Waals surface area (Å²) in [5, 5.41) is 27.8. The number of hydrogen-bond acceptors (Lipinski definition) is 10. The number of unbranched alkanes of at least 4 members (excludes halogenated alkanes) is 4. The van der Waals surface area contributed by atoms with Crippen LogP contribution in [0.1, 0.15) is 87.4 Å². The maximum atomic E-state index is 14.6. The number of thioether (sulfide) groups is 1. The van der Waals surface area contributed by atoms with E-state index in [2.05, 4.69) is 41.9 Å². The van der Waals surface area contributed by atoms with Crippen molar-refractivity contribution in [1.82, 2.24) is 31.9 Å². The van der Waals surface area contributed by atoms with Gasteiger partial charge in [-0.15, -0.1) is 0 Å². The van der Waals surface area contributed by atoms with E-state index < -0.39 is 58.3 Å². The van der Waals surface area contributed by atoms with Gasteiger partial charge in [-0.3, -0.25) is 24.0 Å². The summed E-state index contributed by atoms with van der Waals surface area (Å²) in [6, 6.07) is -1.18. The summed E-state index contributed by atoms with van der Waals surface area (Å²) in [6.45, 7) is 0.794. The molecule has 2 aliphatic heterocycles. The van der Waals surface area contributed by atoms with Crippen molar-refractivity contribution in [1.29, 1.82) is 0 Å². The van der Waals surface area contributed by atoms with Crippen molar-refractivity contribution in [2.75, 3.05) is 36.9 Å². The number of nitrogens with one attached hydrogen (secondary N) is 6. The number of amides is 6. The molecule has 2 aliphatic rings. The molecule has 7 N–H and O–H groups in total. The average molecular weight is 866 g/mol. The van der Waals surface area contributed by atoms with Crippen LogP contribution in [0.4, 0.5) is 28.0 Å². The number of hydrogen-bond donors (Lipinski definition) is 7. The van der Waals surface area contributed by atoms with Crippen LogP contribution in [0.3, 0.4) is 0 Å². The van der Waals surface area contributed by atoms with Gasteiger partial charge >= 0.3 is 12.0 Å². The number of aliphatic carboxylic acids is 1. The Bertz CT molecular complexity index is 1620. The fraction of sp³-hybridized carbons (Fsp3) is 0.647. The summed E-state index contributed by atoms with van der Waals surface area (Å²) in [6.07, 6.45) is 5.74. The molecule has 2 heterocycles. The van der Waals surface area contributed by atoms with Gasteiger partial charge in [0.2, 0.25) is 17.7 Å². The van der Waals surface area contributed by atoms with Crippen LogP contribution in [-0.4, -0.2) is 101 Å². The number of nitrogens with zero attached hydrogens (tertiary/aromatic N) is 3. The van der Waals surface area contributed by atoms with Crippen molar-refractivity contribution in [2.45, 2.75) is 100 Å². The average Bonchev–Trinajstić information content (AvgIpc) is 3.73. The van der Waals surface area contributed by atoms with Gasteiger partial charge in [0.25, 0.3) is 5.91 Å². The Hall–Kier alpha value is -4.08. The fourth-order valence-corrected chi connectivity index (χ4v) is 9.43. The van der Waals surface area contributed by atoms with E-state index in [0.717, 1.165) is 25.0 Å². The highest BCUT2D eigenvalue weighted by Gasteiger charge is 2.42. The van der Waals surface area contributed by atoms with Crippen LogP contribution in [0, 0.1) is 23.3 Å². The van der Waals surface area contributed by atoms with Crippen molar-refractivity contribution in [2.24, 2.45) is 5.11 Å². The number of benzene rings is 1.